The van der Waals surface area contributed by atoms with Crippen LogP contribution in [0.25, 0.3) is 0 Å². The van der Waals surface area contributed by atoms with Crippen LogP contribution in [0, 0.1) is 11.6 Å². The number of aliphatic hydroxyl groups excluding tert-OH is 1. The summed E-state index contributed by atoms with van der Waals surface area (Å²) in [4.78, 5) is 35.5. The average Bonchev–Trinajstić information content (AvgIpc) is 3.09. The summed E-state index contributed by atoms with van der Waals surface area (Å²) in [6, 6.07) is 8.35. The van der Waals surface area contributed by atoms with Crippen molar-refractivity contribution in [3.05, 3.63) is 70.8 Å². The summed E-state index contributed by atoms with van der Waals surface area (Å²) in [5, 5.41) is 20.9. The number of hydrogen-bond donors (Lipinski definition) is 5. The molecule has 1 saturated heterocycles. The summed E-state index contributed by atoms with van der Waals surface area (Å²) in [5.41, 5.74) is 2.47. The van der Waals surface area contributed by atoms with Crippen LogP contribution >= 0.6 is 0 Å². The molecule has 0 spiro atoms. The van der Waals surface area contributed by atoms with E-state index in [1.54, 1.807) is 0 Å². The number of rotatable bonds is 11. The van der Waals surface area contributed by atoms with E-state index in [9.17, 15) is 28.3 Å². The van der Waals surface area contributed by atoms with Crippen molar-refractivity contribution in [1.82, 2.24) is 21.3 Å². The zero-order chi connectivity index (χ0) is 24.7. The molecular weight excluding hydrogens is 446 g/mol. The fourth-order valence-electron chi connectivity index (χ4n) is 3.79. The summed E-state index contributed by atoms with van der Waals surface area (Å²) < 4.78 is 27.3. The van der Waals surface area contributed by atoms with E-state index in [1.807, 2.05) is 23.5 Å². The molecule has 0 saturated carbocycles. The molecule has 0 aromatic heterocycles. The Hall–Kier alpha value is -3.37. The number of imide groups is 1. The van der Waals surface area contributed by atoms with E-state index in [1.165, 1.54) is 5.56 Å². The summed E-state index contributed by atoms with van der Waals surface area (Å²) in [6.45, 7) is 2.63. The molecule has 0 radical (unpaired) electrons. The molecule has 1 aliphatic rings. The summed E-state index contributed by atoms with van der Waals surface area (Å²) in [5.74, 6) is -2.76. The van der Waals surface area contributed by atoms with Gasteiger partial charge in [-0.05, 0) is 41.7 Å². The second kappa shape index (κ2) is 11.7. The number of urea groups is 1. The standard InChI is InChI=1S/C24H28F2N4O4/c1-2-14-4-3-5-15(6-14)12-27-13-21(31)19(9-16-7-17(25)10-18(26)8-16)28-22(32)11-20-23(33)30-24(34)29-20/h3-8,10,19-21,27,31H,2,9,11-13H2,1H3,(H,28,32)(H2,29,30,33,34)/t19-,20?,21+/m1/s1. The third kappa shape index (κ3) is 7.32. The van der Waals surface area contributed by atoms with Gasteiger partial charge >= 0.3 is 6.03 Å². The van der Waals surface area contributed by atoms with Crippen LogP contribution in [0.15, 0.2) is 42.5 Å². The van der Waals surface area contributed by atoms with E-state index in [0.29, 0.717) is 6.54 Å². The first-order chi connectivity index (χ1) is 16.2. The Labute approximate surface area is 196 Å². The van der Waals surface area contributed by atoms with Crippen molar-refractivity contribution in [3.63, 3.8) is 0 Å². The largest absolute Gasteiger partial charge is 0.390 e. The van der Waals surface area contributed by atoms with E-state index in [0.717, 1.165) is 30.2 Å². The highest BCUT2D eigenvalue weighted by Gasteiger charge is 2.32. The van der Waals surface area contributed by atoms with Crippen LogP contribution in [0.3, 0.4) is 0 Å². The van der Waals surface area contributed by atoms with Gasteiger partial charge in [-0.2, -0.15) is 0 Å². The van der Waals surface area contributed by atoms with E-state index in [4.69, 9.17) is 0 Å². The van der Waals surface area contributed by atoms with Crippen molar-refractivity contribution in [2.75, 3.05) is 6.54 Å². The minimum atomic E-state index is -1.10. The van der Waals surface area contributed by atoms with Crippen molar-refractivity contribution in [1.29, 1.82) is 0 Å². The van der Waals surface area contributed by atoms with Gasteiger partial charge in [0.25, 0.3) is 5.91 Å². The summed E-state index contributed by atoms with van der Waals surface area (Å²) >= 11 is 0. The number of benzene rings is 2. The minimum absolute atomic E-state index is 0.0438. The highest BCUT2D eigenvalue weighted by Crippen LogP contribution is 2.13. The molecule has 2 aromatic rings. The average molecular weight is 475 g/mol. The molecule has 2 aromatic carbocycles. The van der Waals surface area contributed by atoms with Crippen molar-refractivity contribution >= 4 is 17.8 Å². The number of aryl methyl sites for hydroxylation is 1. The lowest BCUT2D eigenvalue weighted by Gasteiger charge is -2.25. The van der Waals surface area contributed by atoms with E-state index in [-0.39, 0.29) is 24.9 Å². The fraction of sp³-hybridized carbons (Fsp3) is 0.375. The van der Waals surface area contributed by atoms with Gasteiger partial charge < -0.3 is 21.1 Å². The molecule has 3 rings (SSSR count). The first-order valence-electron chi connectivity index (χ1n) is 11.1. The molecule has 1 aliphatic heterocycles. The molecule has 1 heterocycles. The first kappa shape index (κ1) is 25.3. The SMILES string of the molecule is CCc1cccc(CNC[C@H](O)[C@@H](Cc2cc(F)cc(F)c2)NC(=O)CC2NC(=O)NC2=O)c1. The Morgan fingerprint density at radius 2 is 1.79 bits per heavy atom. The number of hydrogen-bond acceptors (Lipinski definition) is 5. The van der Waals surface area contributed by atoms with E-state index < -0.39 is 47.7 Å². The zero-order valence-electron chi connectivity index (χ0n) is 18.7. The van der Waals surface area contributed by atoms with Crippen molar-refractivity contribution in [3.8, 4) is 0 Å². The lowest BCUT2D eigenvalue weighted by molar-refractivity contribution is -0.127. The van der Waals surface area contributed by atoms with Crippen LogP contribution in [-0.4, -0.2) is 47.7 Å². The van der Waals surface area contributed by atoms with Crippen LogP contribution in [0.5, 0.6) is 0 Å². The molecule has 1 unspecified atom stereocenters. The molecule has 0 bridgehead atoms. The Morgan fingerprint density at radius 1 is 1.09 bits per heavy atom. The lowest BCUT2D eigenvalue weighted by Crippen LogP contribution is -2.50. The summed E-state index contributed by atoms with van der Waals surface area (Å²) in [7, 11) is 0. The molecule has 10 heteroatoms. The zero-order valence-corrected chi connectivity index (χ0v) is 18.7. The predicted octanol–water partition coefficient (Wildman–Crippen LogP) is 1.30. The van der Waals surface area contributed by atoms with Gasteiger partial charge in [-0.3, -0.25) is 14.9 Å². The number of aliphatic hydroxyl groups is 1. The van der Waals surface area contributed by atoms with Crippen molar-refractivity contribution in [2.45, 2.75) is 50.9 Å². The van der Waals surface area contributed by atoms with Gasteiger partial charge in [-0.15, -0.1) is 0 Å². The van der Waals surface area contributed by atoms with Crippen LogP contribution in [0.2, 0.25) is 0 Å². The summed E-state index contributed by atoms with van der Waals surface area (Å²) in [6.07, 6.45) is -0.585. The van der Waals surface area contributed by atoms with Crippen LogP contribution < -0.4 is 21.3 Å². The molecule has 3 atom stereocenters. The van der Waals surface area contributed by atoms with E-state index >= 15 is 0 Å². The van der Waals surface area contributed by atoms with Gasteiger partial charge in [0.2, 0.25) is 5.91 Å². The van der Waals surface area contributed by atoms with Crippen LogP contribution in [0.4, 0.5) is 13.6 Å². The molecule has 4 amide bonds. The van der Waals surface area contributed by atoms with Gasteiger partial charge in [0.05, 0.1) is 18.6 Å². The Kier molecular flexibility index (Phi) is 8.67. The van der Waals surface area contributed by atoms with Gasteiger partial charge in [-0.25, -0.2) is 13.6 Å². The maximum absolute atomic E-state index is 13.7. The Morgan fingerprint density at radius 3 is 2.44 bits per heavy atom. The molecule has 34 heavy (non-hydrogen) atoms. The van der Waals surface area contributed by atoms with Crippen LogP contribution in [-0.2, 0) is 29.0 Å². The Balaban J connectivity index is 1.64. The minimum Gasteiger partial charge on any atom is -0.390 e. The third-order valence-corrected chi connectivity index (χ3v) is 5.52. The van der Waals surface area contributed by atoms with Gasteiger partial charge in [-0.1, -0.05) is 31.2 Å². The second-order valence-corrected chi connectivity index (χ2v) is 8.25. The molecule has 8 nitrogen and oxygen atoms in total. The predicted molar refractivity (Wildman–Crippen MR) is 121 cm³/mol. The van der Waals surface area contributed by atoms with Crippen molar-refractivity contribution in [2.24, 2.45) is 0 Å². The molecular formula is C24H28F2N4O4. The maximum atomic E-state index is 13.7. The number of nitrogens with one attached hydrogen (secondary N) is 4. The highest BCUT2D eigenvalue weighted by molar-refractivity contribution is 6.05. The Bertz CT molecular complexity index is 1030. The molecule has 182 valence electrons. The highest BCUT2D eigenvalue weighted by atomic mass is 19.1. The number of amides is 4. The van der Waals surface area contributed by atoms with Crippen molar-refractivity contribution < 1.29 is 28.3 Å². The quantitative estimate of drug-likeness (QED) is 0.315. The van der Waals surface area contributed by atoms with Crippen LogP contribution in [0.1, 0.15) is 30.0 Å². The normalized spacial score (nSPS) is 17.1. The first-order valence-corrected chi connectivity index (χ1v) is 11.1. The maximum Gasteiger partial charge on any atom is 0.322 e. The van der Waals surface area contributed by atoms with Gasteiger partial charge in [0.1, 0.15) is 17.7 Å². The molecule has 1 fully saturated rings. The monoisotopic (exact) mass is 474 g/mol. The second-order valence-electron chi connectivity index (χ2n) is 8.25. The lowest BCUT2D eigenvalue weighted by atomic mass is 10.00. The third-order valence-electron chi connectivity index (χ3n) is 5.52. The number of carbonyl (C=O) groups is 3. The smallest absolute Gasteiger partial charge is 0.322 e. The molecule has 5 N–H and O–H groups in total. The number of halogens is 2. The molecule has 0 aliphatic carbocycles. The fourth-order valence-corrected chi connectivity index (χ4v) is 3.79. The van der Waals surface area contributed by atoms with E-state index in [2.05, 4.69) is 28.9 Å². The van der Waals surface area contributed by atoms with Gasteiger partial charge in [0.15, 0.2) is 0 Å². The van der Waals surface area contributed by atoms with Gasteiger partial charge in [0, 0.05) is 19.2 Å². The topological polar surface area (TPSA) is 120 Å². The number of carbonyl (C=O) groups excluding carboxylic acids is 3.